The maximum absolute atomic E-state index is 13.9. The van der Waals surface area contributed by atoms with E-state index < -0.39 is 0 Å². The highest BCUT2D eigenvalue weighted by Gasteiger charge is 2.27. The number of aromatic amines is 1. The molecule has 1 N–H and O–H groups in total. The average Bonchev–Trinajstić information content (AvgIpc) is 3.61. The number of ether oxygens (including phenoxy) is 1. The van der Waals surface area contributed by atoms with Crippen molar-refractivity contribution in [1.29, 1.82) is 0 Å². The molecule has 37 heavy (non-hydrogen) atoms. The molecule has 0 bridgehead atoms. The van der Waals surface area contributed by atoms with Crippen LogP contribution in [-0.4, -0.2) is 37.8 Å². The number of nitrogens with zero attached hydrogens (tertiary/aromatic N) is 4. The first-order valence-corrected chi connectivity index (χ1v) is 13.6. The third-order valence-corrected chi connectivity index (χ3v) is 8.36. The second-order valence-corrected chi connectivity index (χ2v) is 10.7. The van der Waals surface area contributed by atoms with E-state index in [0.717, 1.165) is 67.4 Å². The first-order chi connectivity index (χ1) is 18.2. The van der Waals surface area contributed by atoms with Crippen LogP contribution in [0.25, 0.3) is 27.5 Å². The number of hydrogen-bond donors (Lipinski definition) is 1. The number of hydrogen-bond acceptors (Lipinski definition) is 3. The average molecular weight is 498 g/mol. The molecule has 3 aromatic heterocycles. The molecule has 6 nitrogen and oxygen atoms in total. The predicted octanol–water partition coefficient (Wildman–Crippen LogP) is 6.64. The fourth-order valence-corrected chi connectivity index (χ4v) is 6.17. The lowest BCUT2D eigenvalue weighted by molar-refractivity contribution is 0.0841. The lowest BCUT2D eigenvalue weighted by atomic mass is 9.90. The molecule has 1 saturated heterocycles. The van der Waals surface area contributed by atoms with Crippen LogP contribution in [0, 0.1) is 5.82 Å². The summed E-state index contributed by atoms with van der Waals surface area (Å²) in [5, 5.41) is 14.4. The SMILES string of the molecule is Fc1ccc(-n2c(C3CCOCC3)c(CCCc3cnn(C4CCC4)c3)c3cc4[nH]ncc4cc32)cc1. The van der Waals surface area contributed by atoms with Gasteiger partial charge in [-0.1, -0.05) is 0 Å². The van der Waals surface area contributed by atoms with Crippen LogP contribution in [0.15, 0.2) is 55.0 Å². The van der Waals surface area contributed by atoms with Gasteiger partial charge >= 0.3 is 0 Å². The van der Waals surface area contributed by atoms with Crippen molar-refractivity contribution in [2.24, 2.45) is 0 Å². The van der Waals surface area contributed by atoms with Gasteiger partial charge in [0, 0.05) is 47.5 Å². The van der Waals surface area contributed by atoms with Crippen molar-refractivity contribution in [2.45, 2.75) is 63.3 Å². The van der Waals surface area contributed by atoms with E-state index in [1.807, 2.05) is 24.5 Å². The van der Waals surface area contributed by atoms with Crippen LogP contribution >= 0.6 is 0 Å². The first-order valence-electron chi connectivity index (χ1n) is 13.6. The van der Waals surface area contributed by atoms with Gasteiger partial charge in [-0.3, -0.25) is 9.78 Å². The Bertz CT molecular complexity index is 1540. The largest absolute Gasteiger partial charge is 0.381 e. The molecule has 0 radical (unpaired) electrons. The number of aryl methyl sites for hydroxylation is 2. The zero-order valence-corrected chi connectivity index (χ0v) is 21.0. The zero-order valence-electron chi connectivity index (χ0n) is 21.0. The van der Waals surface area contributed by atoms with Gasteiger partial charge in [-0.15, -0.1) is 0 Å². The van der Waals surface area contributed by atoms with Crippen molar-refractivity contribution in [3.05, 3.63) is 77.6 Å². The van der Waals surface area contributed by atoms with Crippen LogP contribution in [0.2, 0.25) is 0 Å². The van der Waals surface area contributed by atoms with E-state index >= 15 is 0 Å². The fourth-order valence-electron chi connectivity index (χ4n) is 6.17. The van der Waals surface area contributed by atoms with E-state index in [1.54, 1.807) is 12.1 Å². The van der Waals surface area contributed by atoms with Crippen molar-refractivity contribution in [2.75, 3.05) is 13.2 Å². The topological polar surface area (TPSA) is 60.7 Å². The van der Waals surface area contributed by atoms with Gasteiger partial charge in [0.05, 0.1) is 29.5 Å². The Morgan fingerprint density at radius 1 is 1.00 bits per heavy atom. The van der Waals surface area contributed by atoms with Gasteiger partial charge in [0.25, 0.3) is 0 Å². The minimum Gasteiger partial charge on any atom is -0.381 e. The molecule has 4 heterocycles. The lowest BCUT2D eigenvalue weighted by Crippen LogP contribution is -2.18. The quantitative estimate of drug-likeness (QED) is 0.274. The molecule has 2 fully saturated rings. The van der Waals surface area contributed by atoms with Crippen molar-refractivity contribution >= 4 is 21.8 Å². The number of aromatic nitrogens is 5. The Morgan fingerprint density at radius 2 is 1.84 bits per heavy atom. The molecule has 1 aliphatic carbocycles. The molecular formula is C30H32FN5O. The molecule has 1 aliphatic heterocycles. The van der Waals surface area contributed by atoms with Crippen LogP contribution in [0.4, 0.5) is 4.39 Å². The first kappa shape index (κ1) is 22.7. The molecule has 0 spiro atoms. The number of rotatable bonds is 7. The maximum Gasteiger partial charge on any atom is 0.123 e. The molecule has 2 aliphatic rings. The highest BCUT2D eigenvalue weighted by Crippen LogP contribution is 2.40. The van der Waals surface area contributed by atoms with Crippen LogP contribution < -0.4 is 0 Å². The highest BCUT2D eigenvalue weighted by molar-refractivity contribution is 5.98. The van der Waals surface area contributed by atoms with Gasteiger partial charge in [0.2, 0.25) is 0 Å². The summed E-state index contributed by atoms with van der Waals surface area (Å²) < 4.78 is 24.2. The smallest absolute Gasteiger partial charge is 0.123 e. The Hall–Kier alpha value is -3.45. The predicted molar refractivity (Wildman–Crippen MR) is 143 cm³/mol. The Labute approximate surface area is 215 Å². The summed E-state index contributed by atoms with van der Waals surface area (Å²) >= 11 is 0. The summed E-state index contributed by atoms with van der Waals surface area (Å²) in [6, 6.07) is 12.0. The van der Waals surface area contributed by atoms with E-state index in [-0.39, 0.29) is 5.82 Å². The van der Waals surface area contributed by atoms with Gasteiger partial charge in [0.15, 0.2) is 0 Å². The monoisotopic (exact) mass is 497 g/mol. The van der Waals surface area contributed by atoms with Crippen molar-refractivity contribution in [1.82, 2.24) is 24.5 Å². The minimum absolute atomic E-state index is 0.215. The van der Waals surface area contributed by atoms with E-state index in [2.05, 4.69) is 42.9 Å². The van der Waals surface area contributed by atoms with Gasteiger partial charge in [0.1, 0.15) is 5.82 Å². The number of halogens is 1. The van der Waals surface area contributed by atoms with Gasteiger partial charge in [-0.2, -0.15) is 10.2 Å². The number of benzene rings is 2. The van der Waals surface area contributed by atoms with E-state index in [0.29, 0.717) is 12.0 Å². The molecule has 2 aromatic carbocycles. The molecule has 5 aromatic rings. The molecule has 0 unspecified atom stereocenters. The van der Waals surface area contributed by atoms with Crippen molar-refractivity contribution in [3.63, 3.8) is 0 Å². The Morgan fingerprint density at radius 3 is 2.62 bits per heavy atom. The van der Waals surface area contributed by atoms with E-state index in [4.69, 9.17) is 4.74 Å². The zero-order chi connectivity index (χ0) is 24.8. The number of fused-ring (bicyclic) bond motifs is 2. The van der Waals surface area contributed by atoms with Gasteiger partial charge < -0.3 is 9.30 Å². The molecule has 7 heteroatoms. The fraction of sp³-hybridized carbons (Fsp3) is 0.400. The van der Waals surface area contributed by atoms with Gasteiger partial charge in [-0.25, -0.2) is 4.39 Å². The summed E-state index contributed by atoms with van der Waals surface area (Å²) in [4.78, 5) is 0. The van der Waals surface area contributed by atoms with Gasteiger partial charge in [-0.05, 0) is 98.9 Å². The lowest BCUT2D eigenvalue weighted by Gasteiger charge is -2.26. The van der Waals surface area contributed by atoms with Crippen molar-refractivity contribution in [3.8, 4) is 5.69 Å². The van der Waals surface area contributed by atoms with Crippen molar-refractivity contribution < 1.29 is 9.13 Å². The Balaban J connectivity index is 1.31. The van der Waals surface area contributed by atoms with E-state index in [9.17, 15) is 4.39 Å². The summed E-state index contributed by atoms with van der Waals surface area (Å²) in [5.74, 6) is 0.187. The minimum atomic E-state index is -0.215. The molecule has 0 amide bonds. The van der Waals surface area contributed by atoms with Crippen LogP contribution in [-0.2, 0) is 17.6 Å². The second kappa shape index (κ2) is 9.45. The molecule has 190 valence electrons. The normalized spacial score (nSPS) is 17.1. The standard InChI is InChI=1S/C30H32FN5O/c31-23-7-9-25(10-8-23)36-29-15-22-18-32-34-28(22)16-27(29)26(30(36)21-11-13-37-14-12-21)6-1-3-20-17-33-35(19-20)24-4-2-5-24/h7-10,15-19,21,24H,1-6,11-14H2,(H,32,34). The Kier molecular flexibility index (Phi) is 5.80. The van der Waals surface area contributed by atoms with E-state index in [1.165, 1.54) is 41.5 Å². The number of H-pyrrole nitrogens is 1. The highest BCUT2D eigenvalue weighted by atomic mass is 19.1. The molecular weight excluding hydrogens is 465 g/mol. The molecule has 1 saturated carbocycles. The summed E-state index contributed by atoms with van der Waals surface area (Å²) in [7, 11) is 0. The number of nitrogens with one attached hydrogen (secondary N) is 1. The van der Waals surface area contributed by atoms with Crippen LogP contribution in [0.1, 0.15) is 67.3 Å². The second-order valence-electron chi connectivity index (χ2n) is 10.7. The molecule has 7 rings (SSSR count). The summed E-state index contributed by atoms with van der Waals surface area (Å²) in [5.41, 5.74) is 7.28. The summed E-state index contributed by atoms with van der Waals surface area (Å²) in [6.45, 7) is 1.56. The van der Waals surface area contributed by atoms with Crippen LogP contribution in [0.3, 0.4) is 0 Å². The third kappa shape index (κ3) is 4.15. The maximum atomic E-state index is 13.9. The third-order valence-electron chi connectivity index (χ3n) is 8.36. The molecule has 0 atom stereocenters. The summed E-state index contributed by atoms with van der Waals surface area (Å²) in [6.07, 6.45) is 15.0. The van der Waals surface area contributed by atoms with Crippen LogP contribution in [0.5, 0.6) is 0 Å².